The lowest BCUT2D eigenvalue weighted by molar-refractivity contribution is -0.384. The molecule has 0 bridgehead atoms. The number of benzene rings is 1. The van der Waals surface area contributed by atoms with Gasteiger partial charge in [-0.25, -0.2) is 0 Å². The molecule has 1 heterocycles. The molecular formula is C13H14N2O2S. The number of nitrogens with zero attached hydrogens (tertiary/aromatic N) is 1. The number of aryl methyl sites for hydroxylation is 1. The quantitative estimate of drug-likeness (QED) is 0.661. The second kappa shape index (κ2) is 5.64. The summed E-state index contributed by atoms with van der Waals surface area (Å²) in [6.07, 6.45) is 0.958. The van der Waals surface area contributed by atoms with Crippen molar-refractivity contribution in [3.63, 3.8) is 0 Å². The highest BCUT2D eigenvalue weighted by molar-refractivity contribution is 7.07. The fraction of sp³-hybridized carbons (Fsp3) is 0.231. The van der Waals surface area contributed by atoms with Crippen molar-refractivity contribution in [1.82, 2.24) is 0 Å². The number of anilines is 1. The molecule has 0 fully saturated rings. The summed E-state index contributed by atoms with van der Waals surface area (Å²) in [4.78, 5) is 10.2. The minimum atomic E-state index is -0.373. The second-order valence-corrected chi connectivity index (χ2v) is 4.84. The highest BCUT2D eigenvalue weighted by Crippen LogP contribution is 2.21. The zero-order valence-corrected chi connectivity index (χ0v) is 10.9. The highest BCUT2D eigenvalue weighted by Gasteiger charge is 2.07. The van der Waals surface area contributed by atoms with Crippen molar-refractivity contribution in [2.75, 3.05) is 11.9 Å². The lowest BCUT2D eigenvalue weighted by atomic mass is 10.1. The smallest absolute Gasteiger partial charge is 0.269 e. The molecule has 0 atom stereocenters. The van der Waals surface area contributed by atoms with Crippen LogP contribution in [0.15, 0.2) is 35.0 Å². The summed E-state index contributed by atoms with van der Waals surface area (Å²) in [5.74, 6) is 0. The Labute approximate surface area is 109 Å². The topological polar surface area (TPSA) is 55.2 Å². The maximum absolute atomic E-state index is 10.6. The zero-order valence-electron chi connectivity index (χ0n) is 10.1. The standard InChI is InChI=1S/C13H14N2O2S/c1-10-8-12(15(16)17)2-3-13(10)14-6-4-11-5-7-18-9-11/h2-3,5,7-9,14H,4,6H2,1H3. The van der Waals surface area contributed by atoms with Crippen LogP contribution < -0.4 is 5.32 Å². The summed E-state index contributed by atoms with van der Waals surface area (Å²) in [6, 6.07) is 6.99. The van der Waals surface area contributed by atoms with Gasteiger partial charge in [-0.3, -0.25) is 10.1 Å². The number of hydrogen-bond acceptors (Lipinski definition) is 4. The Hall–Kier alpha value is -1.88. The first-order chi connectivity index (χ1) is 8.66. The molecule has 0 spiro atoms. The largest absolute Gasteiger partial charge is 0.384 e. The summed E-state index contributed by atoms with van der Waals surface area (Å²) < 4.78 is 0. The molecule has 0 radical (unpaired) electrons. The Kier molecular flexibility index (Phi) is 3.94. The van der Waals surface area contributed by atoms with Crippen molar-refractivity contribution in [1.29, 1.82) is 0 Å². The van der Waals surface area contributed by atoms with Gasteiger partial charge in [-0.15, -0.1) is 0 Å². The van der Waals surface area contributed by atoms with Crippen molar-refractivity contribution in [3.05, 3.63) is 56.3 Å². The molecule has 5 heteroatoms. The van der Waals surface area contributed by atoms with Crippen LogP contribution >= 0.6 is 11.3 Å². The van der Waals surface area contributed by atoms with Crippen molar-refractivity contribution in [3.8, 4) is 0 Å². The Balaban J connectivity index is 1.95. The van der Waals surface area contributed by atoms with Crippen LogP contribution in [0.5, 0.6) is 0 Å². The van der Waals surface area contributed by atoms with Gasteiger partial charge in [-0.2, -0.15) is 11.3 Å². The van der Waals surface area contributed by atoms with Gasteiger partial charge in [-0.05, 0) is 47.4 Å². The molecule has 18 heavy (non-hydrogen) atoms. The first-order valence-corrected chi connectivity index (χ1v) is 6.61. The molecule has 0 unspecified atom stereocenters. The SMILES string of the molecule is Cc1cc([N+](=O)[O-])ccc1NCCc1ccsc1. The van der Waals surface area contributed by atoms with Crippen molar-refractivity contribution in [2.24, 2.45) is 0 Å². The summed E-state index contributed by atoms with van der Waals surface area (Å²) in [5.41, 5.74) is 3.30. The molecular weight excluding hydrogens is 248 g/mol. The molecule has 0 aliphatic heterocycles. The van der Waals surface area contributed by atoms with E-state index in [1.165, 1.54) is 11.6 Å². The van der Waals surface area contributed by atoms with Crippen LogP contribution in [0.4, 0.5) is 11.4 Å². The fourth-order valence-electron chi connectivity index (χ4n) is 1.74. The van der Waals surface area contributed by atoms with Crippen LogP contribution in [0, 0.1) is 17.0 Å². The summed E-state index contributed by atoms with van der Waals surface area (Å²) in [5, 5.41) is 18.1. The van der Waals surface area contributed by atoms with E-state index in [4.69, 9.17) is 0 Å². The Morgan fingerprint density at radius 2 is 2.22 bits per heavy atom. The summed E-state index contributed by atoms with van der Waals surface area (Å²) in [7, 11) is 0. The molecule has 0 aliphatic carbocycles. The van der Waals surface area contributed by atoms with Crippen LogP contribution in [0.3, 0.4) is 0 Å². The van der Waals surface area contributed by atoms with Crippen molar-refractivity contribution in [2.45, 2.75) is 13.3 Å². The molecule has 1 aromatic heterocycles. The van der Waals surface area contributed by atoms with Gasteiger partial charge in [0.25, 0.3) is 5.69 Å². The van der Waals surface area contributed by atoms with E-state index in [1.807, 2.05) is 6.92 Å². The second-order valence-electron chi connectivity index (χ2n) is 4.06. The van der Waals surface area contributed by atoms with Crippen molar-refractivity contribution >= 4 is 22.7 Å². The minimum Gasteiger partial charge on any atom is -0.384 e. The number of nitrogens with one attached hydrogen (secondary N) is 1. The first kappa shape index (κ1) is 12.6. The Morgan fingerprint density at radius 3 is 2.83 bits per heavy atom. The first-order valence-electron chi connectivity index (χ1n) is 5.67. The lowest BCUT2D eigenvalue weighted by Gasteiger charge is -2.08. The van der Waals surface area contributed by atoms with E-state index in [0.29, 0.717) is 0 Å². The summed E-state index contributed by atoms with van der Waals surface area (Å²) in [6.45, 7) is 2.70. The van der Waals surface area contributed by atoms with Crippen LogP contribution in [-0.2, 0) is 6.42 Å². The normalized spacial score (nSPS) is 10.3. The lowest BCUT2D eigenvalue weighted by Crippen LogP contribution is -2.05. The maximum atomic E-state index is 10.6. The predicted octanol–water partition coefficient (Wildman–Crippen LogP) is 3.62. The third-order valence-electron chi connectivity index (χ3n) is 2.73. The van der Waals surface area contributed by atoms with Gasteiger partial charge in [-0.1, -0.05) is 0 Å². The van der Waals surface area contributed by atoms with E-state index in [1.54, 1.807) is 23.5 Å². The average Bonchev–Trinajstić information content (AvgIpc) is 2.84. The molecule has 4 nitrogen and oxygen atoms in total. The fourth-order valence-corrected chi connectivity index (χ4v) is 2.44. The number of nitro groups is 1. The van der Waals surface area contributed by atoms with E-state index in [-0.39, 0.29) is 10.6 Å². The summed E-state index contributed by atoms with van der Waals surface area (Å²) >= 11 is 1.69. The molecule has 1 aromatic carbocycles. The highest BCUT2D eigenvalue weighted by atomic mass is 32.1. The molecule has 1 N–H and O–H groups in total. The van der Waals surface area contributed by atoms with Gasteiger partial charge in [0.1, 0.15) is 0 Å². The van der Waals surface area contributed by atoms with E-state index in [2.05, 4.69) is 22.1 Å². The Morgan fingerprint density at radius 1 is 1.39 bits per heavy atom. The van der Waals surface area contributed by atoms with Gasteiger partial charge in [0.2, 0.25) is 0 Å². The number of hydrogen-bond donors (Lipinski definition) is 1. The van der Waals surface area contributed by atoms with Crippen LogP contribution in [0.2, 0.25) is 0 Å². The molecule has 0 saturated carbocycles. The van der Waals surface area contributed by atoms with Crippen LogP contribution in [0.25, 0.3) is 0 Å². The minimum absolute atomic E-state index is 0.135. The molecule has 0 aliphatic rings. The number of non-ortho nitro benzene ring substituents is 1. The third-order valence-corrected chi connectivity index (χ3v) is 3.46. The van der Waals surface area contributed by atoms with Gasteiger partial charge < -0.3 is 5.32 Å². The van der Waals surface area contributed by atoms with E-state index in [0.717, 1.165) is 24.2 Å². The zero-order chi connectivity index (χ0) is 13.0. The monoisotopic (exact) mass is 262 g/mol. The van der Waals surface area contributed by atoms with Crippen molar-refractivity contribution < 1.29 is 4.92 Å². The van der Waals surface area contributed by atoms with Crippen LogP contribution in [-0.4, -0.2) is 11.5 Å². The third kappa shape index (κ3) is 3.07. The van der Waals surface area contributed by atoms with Gasteiger partial charge in [0.15, 0.2) is 0 Å². The number of thiophene rings is 1. The molecule has 0 saturated heterocycles. The van der Waals surface area contributed by atoms with Gasteiger partial charge in [0.05, 0.1) is 4.92 Å². The van der Waals surface area contributed by atoms with Gasteiger partial charge in [0, 0.05) is 24.4 Å². The average molecular weight is 262 g/mol. The number of rotatable bonds is 5. The van der Waals surface area contributed by atoms with Gasteiger partial charge >= 0.3 is 0 Å². The van der Waals surface area contributed by atoms with E-state index >= 15 is 0 Å². The molecule has 94 valence electrons. The molecule has 0 amide bonds. The molecule has 2 aromatic rings. The molecule has 2 rings (SSSR count). The van der Waals surface area contributed by atoms with E-state index in [9.17, 15) is 10.1 Å². The van der Waals surface area contributed by atoms with E-state index < -0.39 is 0 Å². The van der Waals surface area contributed by atoms with Crippen LogP contribution in [0.1, 0.15) is 11.1 Å². The number of nitro benzene ring substituents is 1. The maximum Gasteiger partial charge on any atom is 0.269 e. The predicted molar refractivity (Wildman–Crippen MR) is 74.3 cm³/mol. The Bertz CT molecular complexity index is 538.